The number of alkyl halides is 1. The average Bonchev–Trinajstić information content (AvgIpc) is 2.82. The van der Waals surface area contributed by atoms with E-state index in [2.05, 4.69) is 10.5 Å². The first-order valence-electron chi connectivity index (χ1n) is 5.56. The summed E-state index contributed by atoms with van der Waals surface area (Å²) < 4.78 is 4.91. The molecular weight excluding hydrogens is 252 g/mol. The van der Waals surface area contributed by atoms with E-state index in [1.165, 1.54) is 0 Å². The molecule has 1 heterocycles. The quantitative estimate of drug-likeness (QED) is 0.864. The van der Waals surface area contributed by atoms with Crippen molar-refractivity contribution in [2.24, 2.45) is 0 Å². The summed E-state index contributed by atoms with van der Waals surface area (Å²) in [4.78, 5) is 11.8. The molecule has 0 aliphatic rings. The van der Waals surface area contributed by atoms with Crippen LogP contribution in [0.5, 0.6) is 0 Å². The molecule has 18 heavy (non-hydrogen) atoms. The smallest absolute Gasteiger partial charge is 0.242 e. The van der Waals surface area contributed by atoms with E-state index in [1.807, 2.05) is 30.3 Å². The van der Waals surface area contributed by atoms with E-state index in [0.29, 0.717) is 18.0 Å². The van der Waals surface area contributed by atoms with E-state index in [9.17, 15) is 4.79 Å². The average molecular weight is 265 g/mol. The van der Waals surface area contributed by atoms with Crippen LogP contribution >= 0.6 is 11.6 Å². The zero-order valence-corrected chi connectivity index (χ0v) is 10.6. The molecule has 1 atom stereocenters. The summed E-state index contributed by atoms with van der Waals surface area (Å²) in [6, 6.07) is 11.0. The third kappa shape index (κ3) is 3.11. The number of benzene rings is 1. The minimum atomic E-state index is -0.695. The molecule has 1 amide bonds. The van der Waals surface area contributed by atoms with Crippen LogP contribution in [0.25, 0.3) is 0 Å². The molecule has 2 rings (SSSR count). The van der Waals surface area contributed by atoms with Gasteiger partial charge >= 0.3 is 0 Å². The predicted molar refractivity (Wildman–Crippen MR) is 68.1 cm³/mol. The van der Waals surface area contributed by atoms with Crippen molar-refractivity contribution in [2.75, 3.05) is 0 Å². The summed E-state index contributed by atoms with van der Waals surface area (Å²) >= 11 is 6.07. The Morgan fingerprint density at radius 1 is 1.44 bits per heavy atom. The maximum absolute atomic E-state index is 11.8. The van der Waals surface area contributed by atoms with Crippen LogP contribution in [0.1, 0.15) is 22.4 Å². The molecule has 0 aliphatic carbocycles. The number of carbonyl (C=O) groups is 1. The second-order valence-corrected chi connectivity index (χ2v) is 4.36. The zero-order chi connectivity index (χ0) is 13.0. The molecule has 1 aromatic carbocycles. The van der Waals surface area contributed by atoms with Crippen LogP contribution in [0.15, 0.2) is 40.9 Å². The second kappa shape index (κ2) is 5.69. The lowest BCUT2D eigenvalue weighted by atomic mass is 10.1. The van der Waals surface area contributed by atoms with E-state index in [1.54, 1.807) is 13.0 Å². The van der Waals surface area contributed by atoms with Gasteiger partial charge < -0.3 is 9.84 Å². The molecule has 1 aromatic heterocycles. The second-order valence-electron chi connectivity index (χ2n) is 3.92. The fraction of sp³-hybridized carbons (Fsp3) is 0.231. The van der Waals surface area contributed by atoms with E-state index in [0.717, 1.165) is 5.56 Å². The van der Waals surface area contributed by atoms with Gasteiger partial charge in [-0.05, 0) is 12.5 Å². The minimum Gasteiger partial charge on any atom is -0.361 e. The van der Waals surface area contributed by atoms with Gasteiger partial charge in [0.15, 0.2) is 0 Å². The van der Waals surface area contributed by atoms with Crippen LogP contribution in [0.4, 0.5) is 0 Å². The number of amides is 1. The number of carbonyl (C=O) groups excluding carboxylic acids is 1. The molecule has 1 unspecified atom stereocenters. The lowest BCUT2D eigenvalue weighted by Gasteiger charge is -2.09. The monoisotopic (exact) mass is 264 g/mol. The van der Waals surface area contributed by atoms with Gasteiger partial charge in [0.25, 0.3) is 0 Å². The Balaban J connectivity index is 1.92. The molecular formula is C13H13ClN2O2. The highest BCUT2D eigenvalue weighted by atomic mass is 35.5. The van der Waals surface area contributed by atoms with Crippen LogP contribution in [0, 0.1) is 6.92 Å². The Kier molecular flexibility index (Phi) is 3.99. The lowest BCUT2D eigenvalue weighted by molar-refractivity contribution is -0.121. The standard InChI is InChI=1S/C13H13ClN2O2/c1-9-7-11(16-18-9)8-15-13(17)12(14)10-5-3-2-4-6-10/h2-7,12H,8H2,1H3,(H,15,17). The molecule has 5 heteroatoms. The first-order valence-corrected chi connectivity index (χ1v) is 5.99. The molecule has 0 radical (unpaired) electrons. The summed E-state index contributed by atoms with van der Waals surface area (Å²) in [7, 11) is 0. The number of nitrogens with one attached hydrogen (secondary N) is 1. The predicted octanol–water partition coefficient (Wildman–Crippen LogP) is 2.58. The molecule has 4 nitrogen and oxygen atoms in total. The van der Waals surface area contributed by atoms with Gasteiger partial charge in [-0.1, -0.05) is 35.5 Å². The van der Waals surface area contributed by atoms with Crippen LogP contribution in [0.3, 0.4) is 0 Å². The molecule has 0 saturated carbocycles. The van der Waals surface area contributed by atoms with Crippen LogP contribution in [-0.4, -0.2) is 11.1 Å². The van der Waals surface area contributed by atoms with Crippen LogP contribution in [0.2, 0.25) is 0 Å². The summed E-state index contributed by atoms with van der Waals surface area (Å²) in [5.74, 6) is 0.466. The van der Waals surface area contributed by atoms with Gasteiger partial charge in [-0.25, -0.2) is 0 Å². The maximum Gasteiger partial charge on any atom is 0.242 e. The maximum atomic E-state index is 11.8. The number of aromatic nitrogens is 1. The third-order valence-electron chi connectivity index (χ3n) is 2.44. The van der Waals surface area contributed by atoms with Gasteiger partial charge in [-0.3, -0.25) is 4.79 Å². The molecule has 2 aromatic rings. The fourth-order valence-corrected chi connectivity index (χ4v) is 1.76. The minimum absolute atomic E-state index is 0.247. The number of halogens is 1. The first-order chi connectivity index (χ1) is 8.66. The Bertz CT molecular complexity index is 525. The highest BCUT2D eigenvalue weighted by Crippen LogP contribution is 2.19. The number of nitrogens with zero attached hydrogens (tertiary/aromatic N) is 1. The zero-order valence-electron chi connectivity index (χ0n) is 9.89. The van der Waals surface area contributed by atoms with Crippen LogP contribution in [-0.2, 0) is 11.3 Å². The SMILES string of the molecule is Cc1cc(CNC(=O)C(Cl)c2ccccc2)no1. The van der Waals surface area contributed by atoms with Crippen molar-refractivity contribution in [2.45, 2.75) is 18.8 Å². The first kappa shape index (κ1) is 12.6. The van der Waals surface area contributed by atoms with Crippen molar-refractivity contribution in [1.82, 2.24) is 10.5 Å². The largest absolute Gasteiger partial charge is 0.361 e. The van der Waals surface area contributed by atoms with E-state index in [4.69, 9.17) is 16.1 Å². The highest BCUT2D eigenvalue weighted by molar-refractivity contribution is 6.30. The van der Waals surface area contributed by atoms with Crippen molar-refractivity contribution in [3.05, 3.63) is 53.4 Å². The highest BCUT2D eigenvalue weighted by Gasteiger charge is 2.17. The third-order valence-corrected chi connectivity index (χ3v) is 2.89. The topological polar surface area (TPSA) is 55.1 Å². The van der Waals surface area contributed by atoms with Gasteiger partial charge in [-0.15, -0.1) is 11.6 Å². The Labute approximate surface area is 110 Å². The summed E-state index contributed by atoms with van der Waals surface area (Å²) in [6.07, 6.45) is 0. The Morgan fingerprint density at radius 2 is 2.17 bits per heavy atom. The lowest BCUT2D eigenvalue weighted by Crippen LogP contribution is -2.26. The van der Waals surface area contributed by atoms with Crippen molar-refractivity contribution in [1.29, 1.82) is 0 Å². The normalized spacial score (nSPS) is 12.1. The molecule has 0 saturated heterocycles. The van der Waals surface area contributed by atoms with Crippen molar-refractivity contribution < 1.29 is 9.32 Å². The van der Waals surface area contributed by atoms with Crippen molar-refractivity contribution in [3.63, 3.8) is 0 Å². The number of rotatable bonds is 4. The van der Waals surface area contributed by atoms with Gasteiger partial charge in [0.1, 0.15) is 16.8 Å². The molecule has 0 bridgehead atoms. The summed E-state index contributed by atoms with van der Waals surface area (Å²) in [6.45, 7) is 2.11. The number of aryl methyl sites for hydroxylation is 1. The summed E-state index contributed by atoms with van der Waals surface area (Å²) in [5.41, 5.74) is 1.45. The molecule has 0 fully saturated rings. The molecule has 94 valence electrons. The number of hydrogen-bond donors (Lipinski definition) is 1. The van der Waals surface area contributed by atoms with E-state index >= 15 is 0 Å². The van der Waals surface area contributed by atoms with Crippen LogP contribution < -0.4 is 5.32 Å². The summed E-state index contributed by atoms with van der Waals surface area (Å²) in [5, 5.41) is 5.81. The Hall–Kier alpha value is -1.81. The molecule has 1 N–H and O–H groups in total. The van der Waals surface area contributed by atoms with E-state index < -0.39 is 5.38 Å². The fourth-order valence-electron chi connectivity index (χ4n) is 1.54. The van der Waals surface area contributed by atoms with Gasteiger partial charge in [0, 0.05) is 6.07 Å². The van der Waals surface area contributed by atoms with Gasteiger partial charge in [0.05, 0.1) is 6.54 Å². The molecule has 0 aliphatic heterocycles. The van der Waals surface area contributed by atoms with Gasteiger partial charge in [0.2, 0.25) is 5.91 Å². The van der Waals surface area contributed by atoms with E-state index in [-0.39, 0.29) is 5.91 Å². The van der Waals surface area contributed by atoms with Crippen molar-refractivity contribution in [3.8, 4) is 0 Å². The number of hydrogen-bond acceptors (Lipinski definition) is 3. The van der Waals surface area contributed by atoms with Gasteiger partial charge in [-0.2, -0.15) is 0 Å². The Morgan fingerprint density at radius 3 is 2.78 bits per heavy atom. The molecule has 0 spiro atoms. The van der Waals surface area contributed by atoms with Crippen molar-refractivity contribution >= 4 is 17.5 Å².